The predicted octanol–water partition coefficient (Wildman–Crippen LogP) is 2.11. The lowest BCUT2D eigenvalue weighted by molar-refractivity contribution is 0.129. The Balaban J connectivity index is 2.55. The fourth-order valence-electron chi connectivity index (χ4n) is 1.06. The number of methoxy groups -OCH3 is 1. The summed E-state index contributed by atoms with van der Waals surface area (Å²) in [6.07, 6.45) is 5.50. The van der Waals surface area contributed by atoms with Crippen molar-refractivity contribution in [3.63, 3.8) is 0 Å². The summed E-state index contributed by atoms with van der Waals surface area (Å²) in [5.41, 5.74) is 1.92. The van der Waals surface area contributed by atoms with Gasteiger partial charge in [-0.05, 0) is 25.1 Å². The van der Waals surface area contributed by atoms with Gasteiger partial charge in [0.1, 0.15) is 0 Å². The zero-order valence-corrected chi connectivity index (χ0v) is 8.58. The Labute approximate surface area is 85.3 Å². The molecule has 0 aliphatic heterocycles. The molecule has 14 heavy (non-hydrogen) atoms. The zero-order chi connectivity index (χ0) is 10.4. The lowest BCUT2D eigenvalue weighted by Crippen LogP contribution is -2.17. The van der Waals surface area contributed by atoms with Gasteiger partial charge in [0.2, 0.25) is 0 Å². The molecule has 0 saturated heterocycles. The van der Waals surface area contributed by atoms with E-state index in [4.69, 9.17) is 11.2 Å². The van der Waals surface area contributed by atoms with Crippen LogP contribution in [-0.2, 0) is 4.74 Å². The van der Waals surface area contributed by atoms with Gasteiger partial charge in [0.25, 0.3) is 0 Å². The Hall–Kier alpha value is -1.46. The summed E-state index contributed by atoms with van der Waals surface area (Å²) in [7, 11) is 1.70. The number of anilines is 1. The van der Waals surface area contributed by atoms with Crippen LogP contribution in [0.2, 0.25) is 0 Å². The van der Waals surface area contributed by atoms with E-state index in [1.165, 1.54) is 0 Å². The lowest BCUT2D eigenvalue weighted by atomic mass is 10.2. The molecule has 0 radical (unpaired) electrons. The van der Waals surface area contributed by atoms with Crippen molar-refractivity contribution in [3.05, 3.63) is 29.8 Å². The van der Waals surface area contributed by atoms with Gasteiger partial charge >= 0.3 is 0 Å². The van der Waals surface area contributed by atoms with Crippen LogP contribution in [0.4, 0.5) is 5.69 Å². The van der Waals surface area contributed by atoms with E-state index in [2.05, 4.69) is 11.2 Å². The van der Waals surface area contributed by atoms with Gasteiger partial charge in [-0.15, -0.1) is 6.42 Å². The van der Waals surface area contributed by atoms with E-state index >= 15 is 0 Å². The number of hydrogen-bond acceptors (Lipinski definition) is 2. The van der Waals surface area contributed by atoms with Crippen molar-refractivity contribution in [1.82, 2.24) is 0 Å². The van der Waals surface area contributed by atoms with E-state index in [1.807, 2.05) is 31.2 Å². The second-order valence-corrected chi connectivity index (χ2v) is 3.15. The van der Waals surface area contributed by atoms with Gasteiger partial charge in [-0.2, -0.15) is 0 Å². The highest BCUT2D eigenvalue weighted by Crippen LogP contribution is 2.09. The average molecular weight is 189 g/mol. The molecule has 0 bridgehead atoms. The minimum absolute atomic E-state index is 0.199. The average Bonchev–Trinajstić information content (AvgIpc) is 2.26. The fraction of sp³-hybridized carbons (Fsp3) is 0.333. The predicted molar refractivity (Wildman–Crippen MR) is 59.3 cm³/mol. The normalized spacial score (nSPS) is 11.8. The van der Waals surface area contributed by atoms with Gasteiger partial charge in [-0.25, -0.2) is 0 Å². The molecule has 0 aliphatic rings. The molecule has 0 fully saturated rings. The van der Waals surface area contributed by atoms with E-state index in [0.29, 0.717) is 0 Å². The molecule has 0 amide bonds. The Morgan fingerprint density at radius 2 is 2.36 bits per heavy atom. The third-order valence-corrected chi connectivity index (χ3v) is 2.03. The summed E-state index contributed by atoms with van der Waals surface area (Å²) in [5.74, 6) is 2.60. The molecule has 1 unspecified atom stereocenters. The zero-order valence-electron chi connectivity index (χ0n) is 8.58. The summed E-state index contributed by atoms with van der Waals surface area (Å²) in [6.45, 7) is 2.79. The summed E-state index contributed by atoms with van der Waals surface area (Å²) in [4.78, 5) is 0. The SMILES string of the molecule is C#Cc1cccc(NCC(C)OC)c1. The molecule has 0 saturated carbocycles. The van der Waals surface area contributed by atoms with Gasteiger partial charge in [0, 0.05) is 24.9 Å². The summed E-state index contributed by atoms with van der Waals surface area (Å²) >= 11 is 0. The number of rotatable bonds is 4. The molecular formula is C12H15NO. The molecule has 2 heteroatoms. The molecule has 1 N–H and O–H groups in total. The summed E-state index contributed by atoms with van der Waals surface area (Å²) in [6, 6.07) is 7.78. The molecule has 74 valence electrons. The minimum Gasteiger partial charge on any atom is -0.382 e. The van der Waals surface area contributed by atoms with Crippen LogP contribution >= 0.6 is 0 Å². The molecule has 2 nitrogen and oxygen atoms in total. The highest BCUT2D eigenvalue weighted by molar-refractivity contribution is 5.49. The lowest BCUT2D eigenvalue weighted by Gasteiger charge is -2.11. The van der Waals surface area contributed by atoms with Crippen LogP contribution in [0.5, 0.6) is 0 Å². The monoisotopic (exact) mass is 189 g/mol. The van der Waals surface area contributed by atoms with Gasteiger partial charge in [-0.1, -0.05) is 12.0 Å². The number of nitrogens with one attached hydrogen (secondary N) is 1. The van der Waals surface area contributed by atoms with Crippen molar-refractivity contribution >= 4 is 5.69 Å². The molecule has 1 aromatic carbocycles. The second kappa shape index (κ2) is 5.31. The minimum atomic E-state index is 0.199. The first-order valence-electron chi connectivity index (χ1n) is 4.59. The van der Waals surface area contributed by atoms with E-state index in [0.717, 1.165) is 17.8 Å². The molecular weight excluding hydrogens is 174 g/mol. The van der Waals surface area contributed by atoms with Crippen LogP contribution in [0.15, 0.2) is 24.3 Å². The van der Waals surface area contributed by atoms with Gasteiger partial charge in [0.05, 0.1) is 6.10 Å². The molecule has 1 rings (SSSR count). The Morgan fingerprint density at radius 1 is 1.57 bits per heavy atom. The van der Waals surface area contributed by atoms with Crippen molar-refractivity contribution in [2.75, 3.05) is 19.0 Å². The maximum atomic E-state index is 5.30. The third-order valence-electron chi connectivity index (χ3n) is 2.03. The van der Waals surface area contributed by atoms with Gasteiger partial charge in [0.15, 0.2) is 0 Å². The Morgan fingerprint density at radius 3 is 3.00 bits per heavy atom. The highest BCUT2D eigenvalue weighted by Gasteiger charge is 1.98. The quantitative estimate of drug-likeness (QED) is 0.732. The van der Waals surface area contributed by atoms with E-state index in [1.54, 1.807) is 7.11 Å². The van der Waals surface area contributed by atoms with Gasteiger partial charge in [-0.3, -0.25) is 0 Å². The van der Waals surface area contributed by atoms with Crippen molar-refractivity contribution in [1.29, 1.82) is 0 Å². The molecule has 0 heterocycles. The first kappa shape index (κ1) is 10.6. The van der Waals surface area contributed by atoms with Crippen molar-refractivity contribution < 1.29 is 4.74 Å². The van der Waals surface area contributed by atoms with Crippen LogP contribution in [0.1, 0.15) is 12.5 Å². The number of benzene rings is 1. The Bertz CT molecular complexity index is 327. The van der Waals surface area contributed by atoms with Crippen molar-refractivity contribution in [3.8, 4) is 12.3 Å². The van der Waals surface area contributed by atoms with Crippen LogP contribution in [0.25, 0.3) is 0 Å². The standard InChI is InChI=1S/C12H15NO/c1-4-11-6-5-7-12(8-11)13-9-10(2)14-3/h1,5-8,10,13H,9H2,2-3H3. The molecule has 1 atom stereocenters. The van der Waals surface area contributed by atoms with E-state index in [-0.39, 0.29) is 6.10 Å². The van der Waals surface area contributed by atoms with Crippen molar-refractivity contribution in [2.45, 2.75) is 13.0 Å². The smallest absolute Gasteiger partial charge is 0.0715 e. The number of terminal acetylenes is 1. The highest BCUT2D eigenvalue weighted by atomic mass is 16.5. The molecule has 0 aliphatic carbocycles. The summed E-state index contributed by atoms with van der Waals surface area (Å²) < 4.78 is 5.13. The Kier molecular flexibility index (Phi) is 4.03. The van der Waals surface area contributed by atoms with Crippen LogP contribution in [-0.4, -0.2) is 19.8 Å². The molecule has 1 aromatic rings. The van der Waals surface area contributed by atoms with E-state index in [9.17, 15) is 0 Å². The topological polar surface area (TPSA) is 21.3 Å². The van der Waals surface area contributed by atoms with Crippen LogP contribution in [0.3, 0.4) is 0 Å². The first-order chi connectivity index (χ1) is 6.76. The molecule has 0 spiro atoms. The summed E-state index contributed by atoms with van der Waals surface area (Å²) in [5, 5.41) is 3.25. The molecule has 0 aromatic heterocycles. The van der Waals surface area contributed by atoms with Crippen LogP contribution < -0.4 is 5.32 Å². The largest absolute Gasteiger partial charge is 0.382 e. The van der Waals surface area contributed by atoms with Gasteiger partial charge < -0.3 is 10.1 Å². The van der Waals surface area contributed by atoms with E-state index < -0.39 is 0 Å². The third kappa shape index (κ3) is 3.12. The number of ether oxygens (including phenoxy) is 1. The van der Waals surface area contributed by atoms with Crippen LogP contribution in [0, 0.1) is 12.3 Å². The maximum absolute atomic E-state index is 5.30. The first-order valence-corrected chi connectivity index (χ1v) is 4.59. The second-order valence-electron chi connectivity index (χ2n) is 3.15. The number of hydrogen-bond donors (Lipinski definition) is 1. The maximum Gasteiger partial charge on any atom is 0.0715 e. The fourth-order valence-corrected chi connectivity index (χ4v) is 1.06. The van der Waals surface area contributed by atoms with Crippen molar-refractivity contribution in [2.24, 2.45) is 0 Å².